The molecule has 2 aromatic rings. The monoisotopic (exact) mass is 499 g/mol. The molecule has 0 radical (unpaired) electrons. The van der Waals surface area contributed by atoms with Gasteiger partial charge in [0.25, 0.3) is 5.91 Å². The lowest BCUT2D eigenvalue weighted by molar-refractivity contribution is -0.151. The lowest BCUT2D eigenvalue weighted by Gasteiger charge is -2.19. The van der Waals surface area contributed by atoms with Crippen LogP contribution in [0.2, 0.25) is 0 Å². The zero-order chi connectivity index (χ0) is 25.3. The summed E-state index contributed by atoms with van der Waals surface area (Å²) in [6, 6.07) is 13.8. The van der Waals surface area contributed by atoms with Gasteiger partial charge in [0.15, 0.2) is 0 Å². The standard InChI is InChI=1S/C25H29N3O6S/c1-26-25(31)27-24(30)23(20-9-5-4-6-10-20)34-22(29)16-13-19-11-14-21(15-12-19)35(32,33)28-17-7-2-3-8-18-28/h4-6,9-16,23H,2-3,7-8,17-18H2,1H3,(H2,26,27,30,31). The highest BCUT2D eigenvalue weighted by molar-refractivity contribution is 7.89. The van der Waals surface area contributed by atoms with Crippen molar-refractivity contribution in [2.24, 2.45) is 0 Å². The van der Waals surface area contributed by atoms with E-state index in [-0.39, 0.29) is 4.90 Å². The summed E-state index contributed by atoms with van der Waals surface area (Å²) in [5.41, 5.74) is 0.988. The molecule has 3 amide bonds. The van der Waals surface area contributed by atoms with Gasteiger partial charge in [-0.3, -0.25) is 10.1 Å². The second-order valence-corrected chi connectivity index (χ2v) is 9.95. The van der Waals surface area contributed by atoms with Crippen LogP contribution in [0.3, 0.4) is 0 Å². The average molecular weight is 500 g/mol. The number of nitrogens with one attached hydrogen (secondary N) is 2. The van der Waals surface area contributed by atoms with E-state index in [9.17, 15) is 22.8 Å². The summed E-state index contributed by atoms with van der Waals surface area (Å²) < 4.78 is 32.6. The first-order valence-electron chi connectivity index (χ1n) is 11.4. The summed E-state index contributed by atoms with van der Waals surface area (Å²) >= 11 is 0. The van der Waals surface area contributed by atoms with Crippen molar-refractivity contribution in [3.63, 3.8) is 0 Å². The van der Waals surface area contributed by atoms with Gasteiger partial charge in [0.05, 0.1) is 4.90 Å². The highest BCUT2D eigenvalue weighted by Gasteiger charge is 2.26. The van der Waals surface area contributed by atoms with E-state index >= 15 is 0 Å². The molecule has 0 bridgehead atoms. The number of rotatable bonds is 7. The van der Waals surface area contributed by atoms with Gasteiger partial charge < -0.3 is 10.1 Å². The third-order valence-corrected chi connectivity index (χ3v) is 7.45. The van der Waals surface area contributed by atoms with E-state index in [1.54, 1.807) is 42.5 Å². The van der Waals surface area contributed by atoms with Crippen molar-refractivity contribution in [3.05, 3.63) is 71.8 Å². The molecule has 1 fully saturated rings. The van der Waals surface area contributed by atoms with E-state index in [0.717, 1.165) is 31.8 Å². The van der Waals surface area contributed by atoms with E-state index < -0.39 is 34.0 Å². The fourth-order valence-electron chi connectivity index (χ4n) is 3.64. The van der Waals surface area contributed by atoms with E-state index in [4.69, 9.17) is 4.74 Å². The molecule has 1 heterocycles. The van der Waals surface area contributed by atoms with Crippen LogP contribution in [0.1, 0.15) is 42.9 Å². The topological polar surface area (TPSA) is 122 Å². The van der Waals surface area contributed by atoms with Crippen molar-refractivity contribution in [2.75, 3.05) is 20.1 Å². The molecule has 2 aromatic carbocycles. The SMILES string of the molecule is CNC(=O)NC(=O)C(OC(=O)C=Cc1ccc(S(=O)(=O)N2CCCCCC2)cc1)c1ccccc1. The van der Waals surface area contributed by atoms with Crippen LogP contribution >= 0.6 is 0 Å². The van der Waals surface area contributed by atoms with Gasteiger partial charge in [0.1, 0.15) is 0 Å². The Morgan fingerprint density at radius 2 is 1.57 bits per heavy atom. The number of hydrogen-bond donors (Lipinski definition) is 2. The Labute approximate surface area is 205 Å². The number of hydrogen-bond acceptors (Lipinski definition) is 6. The number of imide groups is 1. The second-order valence-electron chi connectivity index (χ2n) is 8.02. The number of nitrogens with zero attached hydrogens (tertiary/aromatic N) is 1. The van der Waals surface area contributed by atoms with Gasteiger partial charge in [-0.1, -0.05) is 55.3 Å². The zero-order valence-electron chi connectivity index (χ0n) is 19.5. The van der Waals surface area contributed by atoms with Gasteiger partial charge in [-0.25, -0.2) is 18.0 Å². The summed E-state index contributed by atoms with van der Waals surface area (Å²) in [4.78, 5) is 36.6. The molecule has 3 rings (SSSR count). The second kappa shape index (κ2) is 12.3. The predicted molar refractivity (Wildman–Crippen MR) is 131 cm³/mol. The number of urea groups is 1. The minimum Gasteiger partial charge on any atom is -0.444 e. The van der Waals surface area contributed by atoms with Crippen LogP contribution in [0, 0.1) is 0 Å². The fraction of sp³-hybridized carbons (Fsp3) is 0.320. The maximum Gasteiger partial charge on any atom is 0.331 e. The summed E-state index contributed by atoms with van der Waals surface area (Å²) in [6.45, 7) is 1.04. The first-order chi connectivity index (χ1) is 16.8. The van der Waals surface area contributed by atoms with Gasteiger partial charge >= 0.3 is 12.0 Å². The van der Waals surface area contributed by atoms with Crippen molar-refractivity contribution in [1.82, 2.24) is 14.9 Å². The molecule has 35 heavy (non-hydrogen) atoms. The van der Waals surface area contributed by atoms with Crippen molar-refractivity contribution in [1.29, 1.82) is 0 Å². The molecule has 1 aliphatic heterocycles. The highest BCUT2D eigenvalue weighted by Crippen LogP contribution is 2.21. The van der Waals surface area contributed by atoms with Gasteiger partial charge in [-0.15, -0.1) is 0 Å². The molecular weight excluding hydrogens is 470 g/mol. The number of benzene rings is 2. The molecule has 1 saturated heterocycles. The predicted octanol–water partition coefficient (Wildman–Crippen LogP) is 3.00. The summed E-state index contributed by atoms with van der Waals surface area (Å²) in [7, 11) is -2.20. The van der Waals surface area contributed by atoms with E-state index in [2.05, 4.69) is 10.6 Å². The third kappa shape index (κ3) is 7.24. The Hall–Kier alpha value is -3.50. The van der Waals surface area contributed by atoms with Crippen molar-refractivity contribution in [2.45, 2.75) is 36.7 Å². The fourth-order valence-corrected chi connectivity index (χ4v) is 5.16. The molecule has 0 spiro atoms. The highest BCUT2D eigenvalue weighted by atomic mass is 32.2. The lowest BCUT2D eigenvalue weighted by atomic mass is 10.1. The van der Waals surface area contributed by atoms with E-state index in [1.165, 1.54) is 29.6 Å². The third-order valence-electron chi connectivity index (χ3n) is 5.53. The largest absolute Gasteiger partial charge is 0.444 e. The molecule has 0 aromatic heterocycles. The quantitative estimate of drug-likeness (QED) is 0.446. The molecule has 186 valence electrons. The van der Waals surface area contributed by atoms with Gasteiger partial charge in [-0.05, 0) is 36.6 Å². The maximum absolute atomic E-state index is 12.9. The normalized spacial score (nSPS) is 15.7. The van der Waals surface area contributed by atoms with Crippen molar-refractivity contribution < 1.29 is 27.5 Å². The summed E-state index contributed by atoms with van der Waals surface area (Å²) in [6.07, 6.45) is 5.05. The van der Waals surface area contributed by atoms with Gasteiger partial charge in [0, 0.05) is 31.8 Å². The van der Waals surface area contributed by atoms with Gasteiger partial charge in [0.2, 0.25) is 16.1 Å². The van der Waals surface area contributed by atoms with Crippen LogP contribution in [0.25, 0.3) is 6.08 Å². The molecular formula is C25H29N3O6S. The lowest BCUT2D eigenvalue weighted by Crippen LogP contribution is -2.41. The van der Waals surface area contributed by atoms with Crippen LogP contribution in [-0.2, 0) is 24.3 Å². The average Bonchev–Trinajstić information content (AvgIpc) is 3.17. The number of carbonyl (C=O) groups is 3. The van der Waals surface area contributed by atoms with Crippen LogP contribution in [0.4, 0.5) is 4.79 Å². The van der Waals surface area contributed by atoms with E-state index in [1.807, 2.05) is 0 Å². The first kappa shape index (κ1) is 26.1. The number of esters is 1. The Morgan fingerprint density at radius 1 is 0.943 bits per heavy atom. The Balaban J connectivity index is 1.68. The van der Waals surface area contributed by atoms with Crippen molar-refractivity contribution >= 4 is 34.0 Å². The Kier molecular flexibility index (Phi) is 9.16. The minimum atomic E-state index is -3.56. The Bertz CT molecular complexity index is 1160. The number of ether oxygens (including phenoxy) is 1. The molecule has 10 heteroatoms. The minimum absolute atomic E-state index is 0.203. The molecule has 9 nitrogen and oxygen atoms in total. The van der Waals surface area contributed by atoms with Crippen LogP contribution in [0.15, 0.2) is 65.6 Å². The Morgan fingerprint density at radius 3 is 2.17 bits per heavy atom. The first-order valence-corrected chi connectivity index (χ1v) is 12.8. The smallest absolute Gasteiger partial charge is 0.331 e. The van der Waals surface area contributed by atoms with Crippen LogP contribution in [0.5, 0.6) is 0 Å². The zero-order valence-corrected chi connectivity index (χ0v) is 20.3. The van der Waals surface area contributed by atoms with E-state index in [0.29, 0.717) is 24.2 Å². The molecule has 0 aliphatic carbocycles. The molecule has 0 saturated carbocycles. The molecule has 1 unspecified atom stereocenters. The number of amides is 3. The number of sulfonamides is 1. The summed E-state index contributed by atoms with van der Waals surface area (Å²) in [5, 5.41) is 4.38. The molecule has 1 aliphatic rings. The van der Waals surface area contributed by atoms with Crippen molar-refractivity contribution in [3.8, 4) is 0 Å². The maximum atomic E-state index is 12.9. The van der Waals surface area contributed by atoms with Crippen LogP contribution < -0.4 is 10.6 Å². The number of carbonyl (C=O) groups excluding carboxylic acids is 3. The van der Waals surface area contributed by atoms with Crippen LogP contribution in [-0.4, -0.2) is 50.8 Å². The summed E-state index contributed by atoms with van der Waals surface area (Å²) in [5.74, 6) is -1.59. The molecule has 2 N–H and O–H groups in total. The van der Waals surface area contributed by atoms with Gasteiger partial charge in [-0.2, -0.15) is 4.31 Å². The molecule has 1 atom stereocenters.